The average Bonchev–Trinajstić information content (AvgIpc) is 2.36. The third-order valence-corrected chi connectivity index (χ3v) is 2.78. The number of ether oxygens (including phenoxy) is 1. The molecular formula is C12H6Cl2N2O5. The van der Waals surface area contributed by atoms with E-state index >= 15 is 0 Å². The number of carbonyl (C=O) groups is 1. The summed E-state index contributed by atoms with van der Waals surface area (Å²) in [5.74, 6) is -1.36. The summed E-state index contributed by atoms with van der Waals surface area (Å²) in [6.45, 7) is 0. The van der Waals surface area contributed by atoms with Crippen molar-refractivity contribution in [3.63, 3.8) is 0 Å². The highest BCUT2D eigenvalue weighted by atomic mass is 35.5. The summed E-state index contributed by atoms with van der Waals surface area (Å²) in [4.78, 5) is 24.6. The summed E-state index contributed by atoms with van der Waals surface area (Å²) in [6.07, 6.45) is 0.810. The molecule has 0 aliphatic heterocycles. The summed E-state index contributed by atoms with van der Waals surface area (Å²) >= 11 is 11.6. The average molecular weight is 329 g/mol. The van der Waals surface area contributed by atoms with Crippen molar-refractivity contribution in [2.45, 2.75) is 0 Å². The number of hydrogen-bond acceptors (Lipinski definition) is 5. The molecule has 0 bridgehead atoms. The Morgan fingerprint density at radius 2 is 1.86 bits per heavy atom. The van der Waals surface area contributed by atoms with Gasteiger partial charge in [-0.2, -0.15) is 0 Å². The molecule has 0 aliphatic carbocycles. The van der Waals surface area contributed by atoms with Crippen molar-refractivity contribution in [1.29, 1.82) is 0 Å². The van der Waals surface area contributed by atoms with E-state index in [9.17, 15) is 14.9 Å². The van der Waals surface area contributed by atoms with Crippen molar-refractivity contribution in [2.75, 3.05) is 0 Å². The predicted molar refractivity (Wildman–Crippen MR) is 74.4 cm³/mol. The van der Waals surface area contributed by atoms with Crippen molar-refractivity contribution in [3.8, 4) is 11.6 Å². The van der Waals surface area contributed by atoms with Gasteiger partial charge in [-0.05, 0) is 18.2 Å². The van der Waals surface area contributed by atoms with Crippen LogP contribution >= 0.6 is 23.2 Å². The molecule has 21 heavy (non-hydrogen) atoms. The Kier molecular flexibility index (Phi) is 4.25. The summed E-state index contributed by atoms with van der Waals surface area (Å²) in [6, 6.07) is 5.32. The fourth-order valence-electron chi connectivity index (χ4n) is 1.51. The van der Waals surface area contributed by atoms with E-state index in [0.29, 0.717) is 10.0 Å². The molecule has 2 aromatic rings. The summed E-state index contributed by atoms with van der Waals surface area (Å²) in [5, 5.41) is 20.3. The van der Waals surface area contributed by atoms with Crippen LogP contribution in [0.3, 0.4) is 0 Å². The van der Waals surface area contributed by atoms with Crippen LogP contribution in [0.4, 0.5) is 5.69 Å². The highest BCUT2D eigenvalue weighted by Crippen LogP contribution is 2.29. The van der Waals surface area contributed by atoms with Gasteiger partial charge in [0.25, 0.3) is 0 Å². The van der Waals surface area contributed by atoms with Gasteiger partial charge in [-0.15, -0.1) is 0 Å². The molecule has 0 radical (unpaired) electrons. The Morgan fingerprint density at radius 3 is 2.38 bits per heavy atom. The van der Waals surface area contributed by atoms with Crippen LogP contribution in [-0.4, -0.2) is 21.0 Å². The Bertz CT molecular complexity index is 715. The normalized spacial score (nSPS) is 10.2. The predicted octanol–water partition coefficient (Wildman–Crippen LogP) is 3.79. The van der Waals surface area contributed by atoms with Gasteiger partial charge in [0.1, 0.15) is 17.5 Å². The number of aromatic nitrogens is 1. The first-order valence-electron chi connectivity index (χ1n) is 5.38. The van der Waals surface area contributed by atoms with E-state index in [0.717, 1.165) is 12.3 Å². The molecule has 7 nitrogen and oxygen atoms in total. The van der Waals surface area contributed by atoms with Crippen molar-refractivity contribution in [2.24, 2.45) is 0 Å². The van der Waals surface area contributed by atoms with Gasteiger partial charge < -0.3 is 9.84 Å². The number of pyridine rings is 1. The van der Waals surface area contributed by atoms with Crippen LogP contribution in [0.5, 0.6) is 11.6 Å². The third-order valence-electron chi connectivity index (χ3n) is 2.34. The monoisotopic (exact) mass is 328 g/mol. The van der Waals surface area contributed by atoms with E-state index in [1.54, 1.807) is 0 Å². The van der Waals surface area contributed by atoms with E-state index in [4.69, 9.17) is 33.0 Å². The van der Waals surface area contributed by atoms with Crippen molar-refractivity contribution >= 4 is 34.9 Å². The largest absolute Gasteiger partial charge is 0.477 e. The zero-order valence-electron chi connectivity index (χ0n) is 10.1. The van der Waals surface area contributed by atoms with Gasteiger partial charge in [-0.3, -0.25) is 10.1 Å². The lowest BCUT2D eigenvalue weighted by molar-refractivity contribution is -0.385. The van der Waals surface area contributed by atoms with Gasteiger partial charge in [0, 0.05) is 16.1 Å². The lowest BCUT2D eigenvalue weighted by Gasteiger charge is -2.06. The number of rotatable bonds is 4. The zero-order valence-corrected chi connectivity index (χ0v) is 11.6. The van der Waals surface area contributed by atoms with E-state index in [2.05, 4.69) is 4.98 Å². The van der Waals surface area contributed by atoms with Crippen LogP contribution in [-0.2, 0) is 0 Å². The van der Waals surface area contributed by atoms with Gasteiger partial charge in [0.05, 0.1) is 4.92 Å². The van der Waals surface area contributed by atoms with Crippen LogP contribution in [0.2, 0.25) is 10.0 Å². The summed E-state index contributed by atoms with van der Waals surface area (Å²) in [5.41, 5.74) is -1.16. The first-order valence-corrected chi connectivity index (χ1v) is 6.14. The number of aromatic carboxylic acids is 1. The smallest absolute Gasteiger partial charge is 0.342 e. The third kappa shape index (κ3) is 3.59. The molecule has 0 saturated heterocycles. The summed E-state index contributed by atoms with van der Waals surface area (Å²) in [7, 11) is 0. The maximum atomic E-state index is 11.0. The lowest BCUT2D eigenvalue weighted by atomic mass is 10.2. The van der Waals surface area contributed by atoms with Crippen LogP contribution in [0.15, 0.2) is 30.5 Å². The Labute approximate surface area is 127 Å². The number of halogens is 2. The number of carboxylic acids is 1. The van der Waals surface area contributed by atoms with Gasteiger partial charge >= 0.3 is 11.7 Å². The molecular weight excluding hydrogens is 323 g/mol. The van der Waals surface area contributed by atoms with Crippen molar-refractivity contribution in [3.05, 3.63) is 56.2 Å². The van der Waals surface area contributed by atoms with Crippen LogP contribution < -0.4 is 4.74 Å². The number of hydrogen-bond donors (Lipinski definition) is 1. The van der Waals surface area contributed by atoms with Crippen LogP contribution in [0.1, 0.15) is 10.4 Å². The van der Waals surface area contributed by atoms with Crippen LogP contribution in [0.25, 0.3) is 0 Å². The molecule has 0 saturated carbocycles. The van der Waals surface area contributed by atoms with E-state index < -0.39 is 22.1 Å². The maximum absolute atomic E-state index is 11.0. The quantitative estimate of drug-likeness (QED) is 0.676. The molecule has 1 heterocycles. The molecule has 0 atom stereocenters. The Morgan fingerprint density at radius 1 is 1.24 bits per heavy atom. The number of carboxylic acid groups (broad SMARTS) is 1. The van der Waals surface area contributed by atoms with Crippen molar-refractivity contribution in [1.82, 2.24) is 4.98 Å². The fourth-order valence-corrected chi connectivity index (χ4v) is 2.02. The minimum atomic E-state index is -1.46. The van der Waals surface area contributed by atoms with E-state index in [1.807, 2.05) is 0 Å². The molecule has 0 unspecified atom stereocenters. The second-order valence-electron chi connectivity index (χ2n) is 3.81. The highest BCUT2D eigenvalue weighted by molar-refractivity contribution is 6.34. The number of benzene rings is 1. The zero-order chi connectivity index (χ0) is 15.6. The minimum absolute atomic E-state index is 0.128. The molecule has 0 amide bonds. The first-order chi connectivity index (χ1) is 9.86. The second-order valence-corrected chi connectivity index (χ2v) is 4.68. The topological polar surface area (TPSA) is 103 Å². The van der Waals surface area contributed by atoms with Crippen molar-refractivity contribution < 1.29 is 19.6 Å². The second kappa shape index (κ2) is 5.94. The van der Waals surface area contributed by atoms with Gasteiger partial charge in [-0.25, -0.2) is 9.78 Å². The lowest BCUT2D eigenvalue weighted by Crippen LogP contribution is -2.04. The molecule has 1 aromatic heterocycles. The minimum Gasteiger partial charge on any atom is -0.477 e. The Balaban J connectivity index is 2.39. The molecule has 0 aliphatic rings. The molecule has 0 spiro atoms. The molecule has 0 fully saturated rings. The summed E-state index contributed by atoms with van der Waals surface area (Å²) < 4.78 is 5.30. The molecule has 1 aromatic carbocycles. The Hall–Kier alpha value is -2.38. The number of nitrogens with zero attached hydrogens (tertiary/aromatic N) is 2. The number of nitro groups is 1. The van der Waals surface area contributed by atoms with E-state index in [-0.39, 0.29) is 11.6 Å². The molecule has 9 heteroatoms. The fraction of sp³-hybridized carbons (Fsp3) is 0. The van der Waals surface area contributed by atoms with Gasteiger partial charge in [-0.1, -0.05) is 23.2 Å². The molecule has 2 rings (SSSR count). The first kappa shape index (κ1) is 15.0. The van der Waals surface area contributed by atoms with Crippen LogP contribution in [0, 0.1) is 10.1 Å². The maximum Gasteiger partial charge on any atom is 0.342 e. The SMILES string of the molecule is O=C(O)c1cc(Oc2cc(Cl)cc(Cl)c2)ncc1[N+](=O)[O-]. The molecule has 1 N–H and O–H groups in total. The van der Waals surface area contributed by atoms with Gasteiger partial charge in [0.2, 0.25) is 5.88 Å². The standard InChI is InChI=1S/C12H6Cl2N2O5/c13-6-1-7(14)3-8(2-6)21-11-4-9(12(17)18)10(5-15-11)16(19)20/h1-5H,(H,17,18). The van der Waals surface area contributed by atoms with Gasteiger partial charge in [0.15, 0.2) is 0 Å². The molecule has 108 valence electrons. The van der Waals surface area contributed by atoms with E-state index in [1.165, 1.54) is 18.2 Å². The highest BCUT2D eigenvalue weighted by Gasteiger charge is 2.21.